The van der Waals surface area contributed by atoms with Crippen LogP contribution in [0.25, 0.3) is 0 Å². The number of sulfone groups is 1. The standard InChI is InChI=1S/C31H36ClNO6S/c1-31(30(34)35,40(36,37)29-13-11-27(38-2)12-14-29)22-23-7-9-28(10-8-23)39-20-4-17-33-18-15-24(16-19-33)25-5-3-6-26(32)21-25/h3,5-14,21,24H,4,15-20,22H2,1-2H3,(H,34,35). The molecule has 1 saturated heterocycles. The zero-order chi connectivity index (χ0) is 28.8. The lowest BCUT2D eigenvalue weighted by molar-refractivity contribution is -0.139. The van der Waals surface area contributed by atoms with Gasteiger partial charge in [0, 0.05) is 18.0 Å². The summed E-state index contributed by atoms with van der Waals surface area (Å²) in [7, 11) is -2.70. The van der Waals surface area contributed by atoms with Gasteiger partial charge in [0.1, 0.15) is 11.5 Å². The number of carboxylic acid groups (broad SMARTS) is 1. The first kappa shape index (κ1) is 29.9. The number of benzene rings is 3. The topological polar surface area (TPSA) is 93.1 Å². The summed E-state index contributed by atoms with van der Waals surface area (Å²) >= 11 is 6.15. The normalized spacial score (nSPS) is 16.3. The molecule has 0 amide bonds. The van der Waals surface area contributed by atoms with Crippen LogP contribution >= 0.6 is 11.6 Å². The van der Waals surface area contributed by atoms with Crippen LogP contribution in [0.2, 0.25) is 5.02 Å². The van der Waals surface area contributed by atoms with E-state index in [1.807, 2.05) is 12.1 Å². The molecular formula is C31H36ClNO6S. The third-order valence-electron chi connectivity index (χ3n) is 7.68. The molecule has 1 heterocycles. The number of hydrogen-bond donors (Lipinski definition) is 1. The van der Waals surface area contributed by atoms with Crippen molar-refractivity contribution in [2.24, 2.45) is 0 Å². The van der Waals surface area contributed by atoms with Crippen LogP contribution in [0.3, 0.4) is 0 Å². The zero-order valence-corrected chi connectivity index (χ0v) is 24.5. The lowest BCUT2D eigenvalue weighted by atomic mass is 9.89. The van der Waals surface area contributed by atoms with Crippen LogP contribution in [0.1, 0.15) is 43.2 Å². The molecule has 1 fully saturated rings. The second-order valence-corrected chi connectivity index (χ2v) is 13.2. The van der Waals surface area contributed by atoms with Gasteiger partial charge >= 0.3 is 5.97 Å². The monoisotopic (exact) mass is 585 g/mol. The summed E-state index contributed by atoms with van der Waals surface area (Å²) < 4.78 is 35.6. The number of carbonyl (C=O) groups is 1. The summed E-state index contributed by atoms with van der Waals surface area (Å²) in [6, 6.07) is 20.9. The third-order valence-corrected chi connectivity index (χ3v) is 10.3. The van der Waals surface area contributed by atoms with Gasteiger partial charge in [-0.2, -0.15) is 0 Å². The van der Waals surface area contributed by atoms with E-state index in [0.29, 0.717) is 29.6 Å². The first-order valence-electron chi connectivity index (χ1n) is 13.4. The Morgan fingerprint density at radius 2 is 1.68 bits per heavy atom. The molecule has 40 heavy (non-hydrogen) atoms. The van der Waals surface area contributed by atoms with E-state index in [9.17, 15) is 18.3 Å². The Morgan fingerprint density at radius 1 is 1.02 bits per heavy atom. The van der Waals surface area contributed by atoms with E-state index in [4.69, 9.17) is 21.1 Å². The van der Waals surface area contributed by atoms with Gasteiger partial charge in [-0.25, -0.2) is 8.42 Å². The molecular weight excluding hydrogens is 550 g/mol. The Hall–Kier alpha value is -3.07. The van der Waals surface area contributed by atoms with Gasteiger partial charge in [-0.05, 0) is 105 Å². The molecule has 214 valence electrons. The molecule has 0 spiro atoms. The first-order valence-corrected chi connectivity index (χ1v) is 15.3. The van der Waals surface area contributed by atoms with Gasteiger partial charge in [0.05, 0.1) is 18.6 Å². The number of ether oxygens (including phenoxy) is 2. The average Bonchev–Trinajstić information content (AvgIpc) is 2.96. The summed E-state index contributed by atoms with van der Waals surface area (Å²) in [4.78, 5) is 14.6. The number of likely N-dealkylation sites (tertiary alicyclic amines) is 1. The van der Waals surface area contributed by atoms with Gasteiger partial charge in [0.2, 0.25) is 0 Å². The maximum Gasteiger partial charge on any atom is 0.325 e. The highest BCUT2D eigenvalue weighted by Crippen LogP contribution is 2.32. The number of nitrogens with zero attached hydrogens (tertiary/aromatic N) is 1. The average molecular weight is 586 g/mol. The summed E-state index contributed by atoms with van der Waals surface area (Å²) in [6.07, 6.45) is 2.95. The molecule has 0 aliphatic carbocycles. The predicted molar refractivity (Wildman–Crippen MR) is 156 cm³/mol. The number of halogens is 1. The van der Waals surface area contributed by atoms with Crippen LogP contribution in [-0.2, 0) is 21.1 Å². The van der Waals surface area contributed by atoms with Crippen molar-refractivity contribution in [3.8, 4) is 11.5 Å². The minimum atomic E-state index is -4.18. The van der Waals surface area contributed by atoms with Gasteiger partial charge in [-0.1, -0.05) is 35.9 Å². The number of rotatable bonds is 12. The fraction of sp³-hybridized carbons (Fsp3) is 0.387. The molecule has 1 atom stereocenters. The van der Waals surface area contributed by atoms with Crippen molar-refractivity contribution >= 4 is 27.4 Å². The van der Waals surface area contributed by atoms with Gasteiger partial charge in [0.15, 0.2) is 14.6 Å². The minimum absolute atomic E-state index is 0.0631. The number of piperidine rings is 1. The minimum Gasteiger partial charge on any atom is -0.497 e. The van der Waals surface area contributed by atoms with E-state index < -0.39 is 20.6 Å². The summed E-state index contributed by atoms with van der Waals surface area (Å²) in [5, 5.41) is 10.7. The van der Waals surface area contributed by atoms with Gasteiger partial charge in [0.25, 0.3) is 0 Å². The molecule has 0 aromatic heterocycles. The summed E-state index contributed by atoms with van der Waals surface area (Å²) in [6.45, 7) is 4.87. The van der Waals surface area contributed by atoms with Crippen LogP contribution in [0, 0.1) is 0 Å². The van der Waals surface area contributed by atoms with Crippen molar-refractivity contribution in [1.29, 1.82) is 0 Å². The fourth-order valence-corrected chi connectivity index (χ4v) is 6.92. The highest BCUT2D eigenvalue weighted by Gasteiger charge is 2.47. The number of carboxylic acids is 1. The molecule has 3 aromatic rings. The second-order valence-electron chi connectivity index (χ2n) is 10.4. The maximum atomic E-state index is 13.3. The quantitative estimate of drug-likeness (QED) is 0.266. The van der Waals surface area contributed by atoms with E-state index in [0.717, 1.165) is 43.9 Å². The van der Waals surface area contributed by atoms with Crippen LogP contribution in [0.4, 0.5) is 0 Å². The van der Waals surface area contributed by atoms with Crippen molar-refractivity contribution in [1.82, 2.24) is 4.90 Å². The number of hydrogen-bond acceptors (Lipinski definition) is 6. The second kappa shape index (κ2) is 13.1. The predicted octanol–water partition coefficient (Wildman–Crippen LogP) is 5.86. The molecule has 3 aromatic carbocycles. The summed E-state index contributed by atoms with van der Waals surface area (Å²) in [5.41, 5.74) is 1.91. The SMILES string of the molecule is COc1ccc(S(=O)(=O)C(C)(Cc2ccc(OCCCN3CCC(c4cccc(Cl)c4)CC3)cc2)C(=O)O)cc1. The zero-order valence-electron chi connectivity index (χ0n) is 22.9. The van der Waals surface area contributed by atoms with E-state index >= 15 is 0 Å². The van der Waals surface area contributed by atoms with Crippen molar-refractivity contribution in [3.63, 3.8) is 0 Å². The smallest absolute Gasteiger partial charge is 0.325 e. The highest BCUT2D eigenvalue weighted by atomic mass is 35.5. The Labute approximate surface area is 241 Å². The van der Waals surface area contributed by atoms with Crippen LogP contribution in [0.15, 0.2) is 77.7 Å². The molecule has 7 nitrogen and oxygen atoms in total. The largest absolute Gasteiger partial charge is 0.497 e. The van der Waals surface area contributed by atoms with Crippen molar-refractivity contribution in [3.05, 3.63) is 88.9 Å². The molecule has 1 N–H and O–H groups in total. The van der Waals surface area contributed by atoms with E-state index in [1.54, 1.807) is 24.3 Å². The first-order chi connectivity index (χ1) is 19.1. The Bertz CT molecular complexity index is 1390. The molecule has 4 rings (SSSR count). The van der Waals surface area contributed by atoms with Gasteiger partial charge in [-0.15, -0.1) is 0 Å². The molecule has 0 radical (unpaired) electrons. The van der Waals surface area contributed by atoms with Crippen LogP contribution < -0.4 is 9.47 Å². The van der Waals surface area contributed by atoms with Gasteiger partial charge in [-0.3, -0.25) is 4.79 Å². The number of aliphatic carboxylic acids is 1. The maximum absolute atomic E-state index is 13.3. The van der Waals surface area contributed by atoms with Crippen molar-refractivity contribution < 1.29 is 27.8 Å². The summed E-state index contributed by atoms with van der Waals surface area (Å²) in [5.74, 6) is 0.308. The fourth-order valence-electron chi connectivity index (χ4n) is 5.12. The van der Waals surface area contributed by atoms with Crippen molar-refractivity contribution in [2.45, 2.75) is 48.2 Å². The highest BCUT2D eigenvalue weighted by molar-refractivity contribution is 7.93. The van der Waals surface area contributed by atoms with Crippen LogP contribution in [-0.4, -0.2) is 62.5 Å². The molecule has 0 saturated carbocycles. The molecule has 1 aliphatic rings. The van der Waals surface area contributed by atoms with E-state index in [1.165, 1.54) is 43.9 Å². The van der Waals surface area contributed by atoms with E-state index in [2.05, 4.69) is 17.0 Å². The lowest BCUT2D eigenvalue weighted by Crippen LogP contribution is -2.45. The Kier molecular flexibility index (Phi) is 9.77. The molecule has 0 bridgehead atoms. The third kappa shape index (κ3) is 6.97. The Morgan fingerprint density at radius 3 is 2.27 bits per heavy atom. The molecule has 1 unspecified atom stereocenters. The molecule has 9 heteroatoms. The lowest BCUT2D eigenvalue weighted by Gasteiger charge is -2.32. The van der Waals surface area contributed by atoms with Crippen molar-refractivity contribution in [2.75, 3.05) is 33.4 Å². The van der Waals surface area contributed by atoms with Crippen LogP contribution in [0.5, 0.6) is 11.5 Å². The number of methoxy groups -OCH3 is 1. The Balaban J connectivity index is 1.26. The van der Waals surface area contributed by atoms with E-state index in [-0.39, 0.29) is 11.3 Å². The van der Waals surface area contributed by atoms with Gasteiger partial charge < -0.3 is 19.5 Å². The molecule has 1 aliphatic heterocycles.